The van der Waals surface area contributed by atoms with Crippen LogP contribution in [0.15, 0.2) is 34.5 Å². The Balaban J connectivity index is 1.96. The van der Waals surface area contributed by atoms with Crippen molar-refractivity contribution in [1.29, 1.82) is 0 Å². The Morgan fingerprint density at radius 1 is 0.643 bits per heavy atom. The number of nitrogens with zero attached hydrogens (tertiary/aromatic N) is 2. The van der Waals surface area contributed by atoms with Crippen molar-refractivity contribution in [3.05, 3.63) is 68.8 Å². The van der Waals surface area contributed by atoms with Gasteiger partial charge in [-0.3, -0.25) is 9.59 Å². The fraction of sp³-hybridized carbons (Fsp3) is 0.273. The summed E-state index contributed by atoms with van der Waals surface area (Å²) in [6.45, 7) is 11.9. The molecule has 146 valence electrons. The number of carbonyl (C=O) groups is 2. The fourth-order valence-electron chi connectivity index (χ4n) is 3.20. The van der Waals surface area contributed by atoms with Crippen molar-refractivity contribution in [2.45, 2.75) is 41.5 Å². The third kappa shape index (κ3) is 5.36. The zero-order valence-electron chi connectivity index (χ0n) is 17.2. The lowest BCUT2D eigenvalue weighted by Gasteiger charge is -2.07. The SMILES string of the molecule is Cc1cc(C)c(/C=N\NC(=O)C(=O)N/N=C\c2c(C)cc(C)cc2C)c(C)c1. The first-order valence-electron chi connectivity index (χ1n) is 9.01. The van der Waals surface area contributed by atoms with Gasteiger partial charge in [-0.15, -0.1) is 0 Å². The van der Waals surface area contributed by atoms with E-state index in [9.17, 15) is 9.59 Å². The summed E-state index contributed by atoms with van der Waals surface area (Å²) < 4.78 is 0. The summed E-state index contributed by atoms with van der Waals surface area (Å²) >= 11 is 0. The minimum absolute atomic E-state index is 0.881. The summed E-state index contributed by atoms with van der Waals surface area (Å²) in [6, 6.07) is 8.14. The maximum absolute atomic E-state index is 11.9. The van der Waals surface area contributed by atoms with Gasteiger partial charge < -0.3 is 0 Å². The van der Waals surface area contributed by atoms with Crippen LogP contribution in [0.25, 0.3) is 0 Å². The normalized spacial score (nSPS) is 11.2. The van der Waals surface area contributed by atoms with Crippen LogP contribution in [0.4, 0.5) is 0 Å². The maximum Gasteiger partial charge on any atom is 0.331 e. The number of hydrogen-bond donors (Lipinski definition) is 2. The van der Waals surface area contributed by atoms with Gasteiger partial charge in [0.05, 0.1) is 12.4 Å². The van der Waals surface area contributed by atoms with Crippen molar-refractivity contribution in [3.63, 3.8) is 0 Å². The van der Waals surface area contributed by atoms with Gasteiger partial charge in [-0.2, -0.15) is 10.2 Å². The van der Waals surface area contributed by atoms with Crippen molar-refractivity contribution < 1.29 is 9.59 Å². The summed E-state index contributed by atoms with van der Waals surface area (Å²) in [5, 5.41) is 7.76. The number of aryl methyl sites for hydroxylation is 6. The van der Waals surface area contributed by atoms with Crippen LogP contribution in [0.5, 0.6) is 0 Å². The highest BCUT2D eigenvalue weighted by Gasteiger charge is 2.11. The van der Waals surface area contributed by atoms with E-state index in [1.807, 2.05) is 65.8 Å². The summed E-state index contributed by atoms with van der Waals surface area (Å²) in [6.07, 6.45) is 3.08. The molecule has 0 bridgehead atoms. The Labute approximate surface area is 165 Å². The summed E-state index contributed by atoms with van der Waals surface area (Å²) in [5.41, 5.74) is 12.8. The minimum Gasteiger partial charge on any atom is -0.262 e. The Bertz CT molecular complexity index is 849. The van der Waals surface area contributed by atoms with Crippen LogP contribution in [0, 0.1) is 41.5 Å². The topological polar surface area (TPSA) is 82.9 Å². The molecule has 2 aromatic rings. The smallest absolute Gasteiger partial charge is 0.262 e. The summed E-state index contributed by atoms with van der Waals surface area (Å²) in [4.78, 5) is 23.7. The first-order valence-corrected chi connectivity index (χ1v) is 9.01. The largest absolute Gasteiger partial charge is 0.331 e. The van der Waals surface area contributed by atoms with Crippen LogP contribution in [0.1, 0.15) is 44.5 Å². The zero-order chi connectivity index (χ0) is 20.8. The fourth-order valence-corrected chi connectivity index (χ4v) is 3.20. The van der Waals surface area contributed by atoms with Gasteiger partial charge in [-0.25, -0.2) is 10.9 Å². The molecule has 0 aliphatic rings. The van der Waals surface area contributed by atoms with Crippen molar-refractivity contribution in [1.82, 2.24) is 10.9 Å². The van der Waals surface area contributed by atoms with Gasteiger partial charge >= 0.3 is 11.8 Å². The second-order valence-corrected chi connectivity index (χ2v) is 7.02. The number of hydrazone groups is 2. The van der Waals surface area contributed by atoms with Gasteiger partial charge in [-0.1, -0.05) is 35.4 Å². The monoisotopic (exact) mass is 378 g/mol. The van der Waals surface area contributed by atoms with E-state index in [-0.39, 0.29) is 0 Å². The molecule has 0 radical (unpaired) electrons. The third-order valence-electron chi connectivity index (χ3n) is 4.40. The van der Waals surface area contributed by atoms with Crippen LogP contribution in [-0.2, 0) is 9.59 Å². The molecule has 6 heteroatoms. The second kappa shape index (κ2) is 9.08. The Morgan fingerprint density at radius 3 is 1.21 bits per heavy atom. The molecule has 0 unspecified atom stereocenters. The predicted molar refractivity (Wildman–Crippen MR) is 113 cm³/mol. The van der Waals surface area contributed by atoms with Crippen LogP contribution < -0.4 is 10.9 Å². The second-order valence-electron chi connectivity index (χ2n) is 7.02. The van der Waals surface area contributed by atoms with E-state index in [2.05, 4.69) is 21.1 Å². The molecular weight excluding hydrogens is 352 g/mol. The zero-order valence-corrected chi connectivity index (χ0v) is 17.2. The van der Waals surface area contributed by atoms with Crippen molar-refractivity contribution in [3.8, 4) is 0 Å². The molecule has 6 nitrogen and oxygen atoms in total. The number of hydrogen-bond acceptors (Lipinski definition) is 4. The van der Waals surface area contributed by atoms with E-state index in [0.29, 0.717) is 0 Å². The van der Waals surface area contributed by atoms with Gasteiger partial charge in [-0.05, 0) is 63.8 Å². The average Bonchev–Trinajstić information content (AvgIpc) is 2.58. The van der Waals surface area contributed by atoms with Gasteiger partial charge in [0.15, 0.2) is 0 Å². The van der Waals surface area contributed by atoms with Crippen molar-refractivity contribution in [2.24, 2.45) is 10.2 Å². The molecule has 0 atom stereocenters. The molecule has 0 aromatic heterocycles. The van der Waals surface area contributed by atoms with E-state index in [1.54, 1.807) is 0 Å². The van der Waals surface area contributed by atoms with Crippen LogP contribution in [0.2, 0.25) is 0 Å². The van der Waals surface area contributed by atoms with Crippen LogP contribution in [0.3, 0.4) is 0 Å². The number of amides is 2. The summed E-state index contributed by atoms with van der Waals surface area (Å²) in [7, 11) is 0. The molecule has 28 heavy (non-hydrogen) atoms. The minimum atomic E-state index is -0.881. The molecule has 0 saturated heterocycles. The van der Waals surface area contributed by atoms with Gasteiger partial charge in [0, 0.05) is 11.1 Å². The predicted octanol–water partition coefficient (Wildman–Crippen LogP) is 3.14. The molecule has 0 aliphatic heterocycles. The molecular formula is C22H26N4O2. The lowest BCUT2D eigenvalue weighted by molar-refractivity contribution is -0.139. The molecule has 0 heterocycles. The van der Waals surface area contributed by atoms with E-state index in [4.69, 9.17) is 0 Å². The lowest BCUT2D eigenvalue weighted by atomic mass is 10.0. The Hall–Kier alpha value is -3.28. The lowest BCUT2D eigenvalue weighted by Crippen LogP contribution is -2.35. The van der Waals surface area contributed by atoms with Crippen molar-refractivity contribution in [2.75, 3.05) is 0 Å². The van der Waals surface area contributed by atoms with Crippen LogP contribution in [-0.4, -0.2) is 24.2 Å². The maximum atomic E-state index is 11.9. The molecule has 0 aliphatic carbocycles. The number of rotatable bonds is 4. The first kappa shape index (κ1) is 21.0. The quantitative estimate of drug-likeness (QED) is 0.487. The van der Waals surface area contributed by atoms with Crippen molar-refractivity contribution >= 4 is 24.2 Å². The molecule has 0 fully saturated rings. The highest BCUT2D eigenvalue weighted by atomic mass is 16.2. The Kier molecular flexibility index (Phi) is 6.82. The van der Waals surface area contributed by atoms with E-state index in [0.717, 1.165) is 44.5 Å². The van der Waals surface area contributed by atoms with E-state index >= 15 is 0 Å². The standard InChI is InChI=1S/C22H26N4O2/c1-13-7-15(3)19(16(4)8-13)11-23-25-21(27)22(28)26-24-12-20-17(5)9-14(2)10-18(20)6/h7-12H,1-6H3,(H,25,27)(H,26,28)/b23-11-,24-12-. The Morgan fingerprint density at radius 2 is 0.929 bits per heavy atom. The molecule has 0 spiro atoms. The van der Waals surface area contributed by atoms with Gasteiger partial charge in [0.25, 0.3) is 0 Å². The number of carbonyl (C=O) groups excluding carboxylic acids is 2. The van der Waals surface area contributed by atoms with E-state index in [1.165, 1.54) is 12.4 Å². The molecule has 0 saturated carbocycles. The van der Waals surface area contributed by atoms with E-state index < -0.39 is 11.8 Å². The molecule has 2 N–H and O–H groups in total. The van der Waals surface area contributed by atoms with Crippen LogP contribution >= 0.6 is 0 Å². The van der Waals surface area contributed by atoms with Gasteiger partial charge in [0.2, 0.25) is 0 Å². The summed E-state index contributed by atoms with van der Waals surface area (Å²) in [5.74, 6) is -1.76. The number of benzene rings is 2. The first-order chi connectivity index (χ1) is 13.2. The number of nitrogens with one attached hydrogen (secondary N) is 2. The van der Waals surface area contributed by atoms with Gasteiger partial charge in [0.1, 0.15) is 0 Å². The third-order valence-corrected chi connectivity index (χ3v) is 4.40. The highest BCUT2D eigenvalue weighted by Crippen LogP contribution is 2.14. The average molecular weight is 378 g/mol. The molecule has 2 rings (SSSR count). The highest BCUT2D eigenvalue weighted by molar-refractivity contribution is 6.35. The molecule has 2 amide bonds. The molecule has 2 aromatic carbocycles.